The van der Waals surface area contributed by atoms with Crippen LogP contribution < -0.4 is 0 Å². The zero-order chi connectivity index (χ0) is 22.0. The maximum Gasteiger partial charge on any atom is 0.381 e. The predicted octanol–water partition coefficient (Wildman–Crippen LogP) is 1.33. The lowest BCUT2D eigenvalue weighted by molar-refractivity contribution is -0.162. The number of carboxylic acid groups (broad SMARTS) is 2. The van der Waals surface area contributed by atoms with Crippen LogP contribution in [0.1, 0.15) is 66.2 Å². The van der Waals surface area contributed by atoms with Gasteiger partial charge in [0.05, 0.1) is 0 Å². The van der Waals surface area contributed by atoms with Crippen molar-refractivity contribution in [1.82, 2.24) is 0 Å². The summed E-state index contributed by atoms with van der Waals surface area (Å²) >= 11 is 0. The number of rotatable bonds is 9. The lowest BCUT2D eigenvalue weighted by Gasteiger charge is -1.91. The van der Waals surface area contributed by atoms with Gasteiger partial charge in [-0.05, 0) is 12.8 Å². The highest BCUT2D eigenvalue weighted by Gasteiger charge is 2.10. The standard InChI is InChI=1S/2C6H10O3.C5H6O4/c2*1-2-3-5(7)4-6(8)9;1-3(6)5(8)9-4(2)7/h2*2-4H2,1H3,(H,8,9);1-2H3. The van der Waals surface area contributed by atoms with E-state index >= 15 is 0 Å². The van der Waals surface area contributed by atoms with Crippen molar-refractivity contribution in [2.24, 2.45) is 0 Å². The number of carbonyl (C=O) groups excluding carboxylic acids is 5. The Morgan fingerprint density at radius 3 is 1.19 bits per heavy atom. The first-order valence-electron chi connectivity index (χ1n) is 8.07. The molecule has 0 radical (unpaired) electrons. The van der Waals surface area contributed by atoms with Crippen LogP contribution in [0, 0.1) is 0 Å². The zero-order valence-corrected chi connectivity index (χ0v) is 15.9. The molecule has 0 aliphatic carbocycles. The van der Waals surface area contributed by atoms with E-state index in [4.69, 9.17) is 10.2 Å². The maximum absolute atomic E-state index is 10.5. The molecule has 0 aromatic rings. The quantitative estimate of drug-likeness (QED) is 0.332. The van der Waals surface area contributed by atoms with Gasteiger partial charge in [0.2, 0.25) is 5.78 Å². The fourth-order valence-electron chi connectivity index (χ4n) is 1.27. The highest BCUT2D eigenvalue weighted by atomic mass is 16.6. The van der Waals surface area contributed by atoms with Gasteiger partial charge in [-0.1, -0.05) is 13.8 Å². The molecule has 0 unspecified atom stereocenters. The molecule has 0 amide bonds. The molecule has 0 rings (SSSR count). The van der Waals surface area contributed by atoms with Crippen LogP contribution in [0.15, 0.2) is 0 Å². The molecule has 0 spiro atoms. The summed E-state index contributed by atoms with van der Waals surface area (Å²) in [6.07, 6.45) is 1.57. The molecule has 0 heterocycles. The molecule has 27 heavy (non-hydrogen) atoms. The van der Waals surface area contributed by atoms with Crippen LogP contribution in [0.5, 0.6) is 0 Å². The molecule has 2 N–H and O–H groups in total. The van der Waals surface area contributed by atoms with Crippen LogP contribution in [0.3, 0.4) is 0 Å². The number of carbonyl (C=O) groups is 7. The van der Waals surface area contributed by atoms with Gasteiger partial charge in [0.1, 0.15) is 24.4 Å². The zero-order valence-electron chi connectivity index (χ0n) is 15.9. The average Bonchev–Trinajstić information content (AvgIpc) is 2.46. The van der Waals surface area contributed by atoms with Crippen molar-refractivity contribution in [2.75, 3.05) is 0 Å². The predicted molar refractivity (Wildman–Crippen MR) is 91.8 cm³/mol. The fraction of sp³-hybridized carbons (Fsp3) is 0.588. The van der Waals surface area contributed by atoms with E-state index in [2.05, 4.69) is 4.74 Å². The second-order valence-corrected chi connectivity index (χ2v) is 5.16. The summed E-state index contributed by atoms with van der Waals surface area (Å²) in [7, 11) is 0. The second-order valence-electron chi connectivity index (χ2n) is 5.16. The normalized spacial score (nSPS) is 8.74. The number of aliphatic carboxylic acids is 2. The second kappa shape index (κ2) is 17.9. The van der Waals surface area contributed by atoms with Crippen molar-refractivity contribution in [3.8, 4) is 0 Å². The van der Waals surface area contributed by atoms with Crippen LogP contribution in [0.25, 0.3) is 0 Å². The molecule has 0 atom stereocenters. The molecule has 0 bridgehead atoms. The SMILES string of the molecule is CC(=O)OC(=O)C(C)=O.CCCC(=O)CC(=O)O.CCCC(=O)CC(=O)O. The molecule has 0 saturated heterocycles. The number of ether oxygens (including phenoxy) is 1. The fourth-order valence-corrected chi connectivity index (χ4v) is 1.27. The molecule has 0 aliphatic rings. The third-order valence-corrected chi connectivity index (χ3v) is 2.28. The lowest BCUT2D eigenvalue weighted by atomic mass is 10.2. The Morgan fingerprint density at radius 1 is 0.704 bits per heavy atom. The number of ketones is 3. The maximum atomic E-state index is 10.5. The molecule has 10 nitrogen and oxygen atoms in total. The minimum Gasteiger partial charge on any atom is -0.481 e. The molecule has 0 saturated carbocycles. The molecule has 0 fully saturated rings. The number of hydrogen-bond acceptors (Lipinski definition) is 8. The van der Waals surface area contributed by atoms with Crippen LogP contribution in [-0.2, 0) is 38.3 Å². The van der Waals surface area contributed by atoms with Gasteiger partial charge in [0.25, 0.3) is 0 Å². The molecule has 0 aromatic heterocycles. The summed E-state index contributed by atoms with van der Waals surface area (Å²) in [5.74, 6) is -5.10. The van der Waals surface area contributed by atoms with E-state index in [9.17, 15) is 33.6 Å². The molecular weight excluding hydrogens is 364 g/mol. The van der Waals surface area contributed by atoms with Gasteiger partial charge < -0.3 is 14.9 Å². The molecular formula is C17H26O10. The van der Waals surface area contributed by atoms with E-state index in [0.29, 0.717) is 12.8 Å². The monoisotopic (exact) mass is 390 g/mol. The Labute approximate surface area is 156 Å². The van der Waals surface area contributed by atoms with E-state index < -0.39 is 29.7 Å². The lowest BCUT2D eigenvalue weighted by Crippen LogP contribution is -2.16. The summed E-state index contributed by atoms with van der Waals surface area (Å²) in [4.78, 5) is 70.8. The van der Waals surface area contributed by atoms with Crippen LogP contribution in [0.4, 0.5) is 0 Å². The summed E-state index contributed by atoms with van der Waals surface area (Å²) in [5.41, 5.74) is 0. The summed E-state index contributed by atoms with van der Waals surface area (Å²) in [5, 5.41) is 16.2. The summed E-state index contributed by atoms with van der Waals surface area (Å²) in [6, 6.07) is 0. The van der Waals surface area contributed by atoms with E-state index in [1.54, 1.807) is 0 Å². The van der Waals surface area contributed by atoms with Gasteiger partial charge in [0.15, 0.2) is 0 Å². The minimum atomic E-state index is -1.11. The number of esters is 2. The van der Waals surface area contributed by atoms with E-state index in [1.165, 1.54) is 0 Å². The van der Waals surface area contributed by atoms with Crippen LogP contribution >= 0.6 is 0 Å². The first-order valence-corrected chi connectivity index (χ1v) is 8.07. The van der Waals surface area contributed by atoms with E-state index in [0.717, 1.165) is 26.7 Å². The van der Waals surface area contributed by atoms with Gasteiger partial charge in [-0.3, -0.25) is 28.8 Å². The Hall–Kier alpha value is -2.91. The van der Waals surface area contributed by atoms with Gasteiger partial charge >= 0.3 is 23.9 Å². The highest BCUT2D eigenvalue weighted by Crippen LogP contribution is 1.93. The Kier molecular flexibility index (Phi) is 19.1. The third-order valence-electron chi connectivity index (χ3n) is 2.28. The molecule has 0 aliphatic heterocycles. The highest BCUT2D eigenvalue weighted by molar-refractivity contribution is 6.34. The molecule has 154 valence electrons. The Bertz CT molecular complexity index is 518. The van der Waals surface area contributed by atoms with Gasteiger partial charge in [-0.2, -0.15) is 0 Å². The van der Waals surface area contributed by atoms with Crippen molar-refractivity contribution >= 4 is 41.2 Å². The smallest absolute Gasteiger partial charge is 0.381 e. The summed E-state index contributed by atoms with van der Waals surface area (Å²) < 4.78 is 3.88. The van der Waals surface area contributed by atoms with Crippen LogP contribution in [-0.4, -0.2) is 51.4 Å². The van der Waals surface area contributed by atoms with E-state index in [-0.39, 0.29) is 24.4 Å². The van der Waals surface area contributed by atoms with Crippen molar-refractivity contribution in [2.45, 2.75) is 66.2 Å². The third kappa shape index (κ3) is 28.2. The van der Waals surface area contributed by atoms with Crippen molar-refractivity contribution in [1.29, 1.82) is 0 Å². The average molecular weight is 390 g/mol. The van der Waals surface area contributed by atoms with Gasteiger partial charge in [-0.15, -0.1) is 0 Å². The first-order chi connectivity index (χ1) is 12.4. The van der Waals surface area contributed by atoms with Crippen molar-refractivity contribution in [3.05, 3.63) is 0 Å². The Morgan fingerprint density at radius 2 is 1.04 bits per heavy atom. The Balaban J connectivity index is -0.000000320. The van der Waals surface area contributed by atoms with Crippen molar-refractivity contribution < 1.29 is 48.5 Å². The largest absolute Gasteiger partial charge is 0.481 e. The van der Waals surface area contributed by atoms with Gasteiger partial charge in [0, 0.05) is 26.7 Å². The topological polar surface area (TPSA) is 169 Å². The van der Waals surface area contributed by atoms with Gasteiger partial charge in [-0.25, -0.2) is 4.79 Å². The molecule has 0 aromatic carbocycles. The minimum absolute atomic E-state index is 0.190. The first kappa shape index (κ1) is 28.9. The van der Waals surface area contributed by atoms with E-state index in [1.807, 2.05) is 13.8 Å². The number of carboxylic acids is 2. The van der Waals surface area contributed by atoms with Crippen molar-refractivity contribution in [3.63, 3.8) is 0 Å². The number of hydrogen-bond donors (Lipinski definition) is 2. The molecule has 10 heteroatoms. The summed E-state index contributed by atoms with van der Waals surface area (Å²) in [6.45, 7) is 5.78. The number of Topliss-reactive ketones (excluding diaryl/α,β-unsaturated/α-hetero) is 3. The van der Waals surface area contributed by atoms with Crippen LogP contribution in [0.2, 0.25) is 0 Å².